The number of nitrogens with one attached hydrogen (secondary N) is 2. The van der Waals surface area contributed by atoms with Gasteiger partial charge in [-0.25, -0.2) is 13.2 Å². The molecule has 1 heterocycles. The molecule has 0 saturated carbocycles. The molecule has 0 radical (unpaired) electrons. The number of rotatable bonds is 8. The minimum atomic E-state index is -2.96. The molecule has 9 nitrogen and oxygen atoms in total. The van der Waals surface area contributed by atoms with E-state index < -0.39 is 15.4 Å². The predicted octanol–water partition coefficient (Wildman–Crippen LogP) is 1.54. The van der Waals surface area contributed by atoms with E-state index in [-0.39, 0.29) is 41.9 Å². The number of sulfone groups is 1. The van der Waals surface area contributed by atoms with Crippen LogP contribution in [0.3, 0.4) is 0 Å². The van der Waals surface area contributed by atoms with Crippen molar-refractivity contribution in [3.8, 4) is 0 Å². The SMILES string of the molecule is CCNC(=NCCN1CCN(C(=O)OC(C)(C)C)CC1)NC(C)CCS(C)(=O)=O.I. The Bertz CT molecular complexity index is 644. The van der Waals surface area contributed by atoms with E-state index in [1.807, 2.05) is 34.6 Å². The van der Waals surface area contributed by atoms with Crippen molar-refractivity contribution in [3.63, 3.8) is 0 Å². The third-order valence-electron chi connectivity index (χ3n) is 4.36. The highest BCUT2D eigenvalue weighted by atomic mass is 127. The topological polar surface area (TPSA) is 103 Å². The van der Waals surface area contributed by atoms with E-state index >= 15 is 0 Å². The average molecular weight is 562 g/mol. The molecule has 178 valence electrons. The summed E-state index contributed by atoms with van der Waals surface area (Å²) in [5, 5.41) is 6.45. The molecule has 1 atom stereocenters. The quantitative estimate of drug-likeness (QED) is 0.263. The van der Waals surface area contributed by atoms with E-state index in [4.69, 9.17) is 4.74 Å². The molecular weight excluding hydrogens is 521 g/mol. The maximum Gasteiger partial charge on any atom is 0.410 e. The minimum absolute atomic E-state index is 0. The fourth-order valence-electron chi connectivity index (χ4n) is 2.80. The van der Waals surface area contributed by atoms with Gasteiger partial charge in [0.2, 0.25) is 0 Å². The summed E-state index contributed by atoms with van der Waals surface area (Å²) in [5.74, 6) is 0.851. The van der Waals surface area contributed by atoms with Crippen LogP contribution in [-0.4, -0.2) is 99.7 Å². The summed E-state index contributed by atoms with van der Waals surface area (Å²) in [5.41, 5.74) is -0.475. The highest BCUT2D eigenvalue weighted by Crippen LogP contribution is 2.11. The number of hydrogen-bond acceptors (Lipinski definition) is 6. The van der Waals surface area contributed by atoms with Gasteiger partial charge < -0.3 is 20.3 Å². The lowest BCUT2D eigenvalue weighted by Gasteiger charge is -2.35. The van der Waals surface area contributed by atoms with E-state index in [1.54, 1.807) is 4.90 Å². The van der Waals surface area contributed by atoms with Gasteiger partial charge in [0, 0.05) is 51.6 Å². The molecule has 0 aliphatic carbocycles. The highest BCUT2D eigenvalue weighted by Gasteiger charge is 2.25. The highest BCUT2D eigenvalue weighted by molar-refractivity contribution is 14.0. The Morgan fingerprint density at radius 1 is 1.20 bits per heavy atom. The van der Waals surface area contributed by atoms with Crippen LogP contribution < -0.4 is 10.6 Å². The van der Waals surface area contributed by atoms with Gasteiger partial charge >= 0.3 is 6.09 Å². The van der Waals surface area contributed by atoms with E-state index in [9.17, 15) is 13.2 Å². The molecule has 1 aliphatic rings. The zero-order valence-electron chi connectivity index (χ0n) is 19.2. The third kappa shape index (κ3) is 13.5. The standard InChI is InChI=1S/C19H39N5O4S.HI/c1-7-20-17(22-16(2)8-15-29(6,26)27)21-9-10-23-11-13-24(14-12-23)18(25)28-19(3,4)5;/h16H,7-15H2,1-6H3,(H2,20,21,22);1H. The van der Waals surface area contributed by atoms with Crippen molar-refractivity contribution in [2.75, 3.05) is 57.8 Å². The van der Waals surface area contributed by atoms with Crippen LogP contribution >= 0.6 is 24.0 Å². The number of guanidine groups is 1. The summed E-state index contributed by atoms with van der Waals surface area (Å²) in [6.45, 7) is 14.6. The van der Waals surface area contributed by atoms with Crippen LogP contribution in [0.2, 0.25) is 0 Å². The smallest absolute Gasteiger partial charge is 0.410 e. The van der Waals surface area contributed by atoms with Gasteiger partial charge in [-0.15, -0.1) is 24.0 Å². The largest absolute Gasteiger partial charge is 0.444 e. The Balaban J connectivity index is 0.00000841. The Hall–Kier alpha value is -0.820. The number of nitrogens with zero attached hydrogens (tertiary/aromatic N) is 3. The van der Waals surface area contributed by atoms with Crippen LogP contribution in [-0.2, 0) is 14.6 Å². The second kappa shape index (κ2) is 13.6. The van der Waals surface area contributed by atoms with Gasteiger partial charge in [-0.1, -0.05) is 0 Å². The van der Waals surface area contributed by atoms with E-state index in [2.05, 4.69) is 20.5 Å². The van der Waals surface area contributed by atoms with Crippen molar-refractivity contribution in [2.24, 2.45) is 4.99 Å². The molecule has 0 bridgehead atoms. The monoisotopic (exact) mass is 561 g/mol. The van der Waals surface area contributed by atoms with E-state index in [1.165, 1.54) is 6.26 Å². The number of ether oxygens (including phenoxy) is 1. The maximum absolute atomic E-state index is 12.1. The first-order valence-electron chi connectivity index (χ1n) is 10.3. The van der Waals surface area contributed by atoms with Gasteiger partial charge in [0.25, 0.3) is 0 Å². The molecule has 0 aromatic rings. The summed E-state index contributed by atoms with van der Waals surface area (Å²) < 4.78 is 28.1. The van der Waals surface area contributed by atoms with Crippen LogP contribution in [0.15, 0.2) is 4.99 Å². The van der Waals surface area contributed by atoms with Crippen molar-refractivity contribution in [1.29, 1.82) is 0 Å². The molecule has 0 aromatic carbocycles. The lowest BCUT2D eigenvalue weighted by atomic mass is 10.2. The van der Waals surface area contributed by atoms with Crippen molar-refractivity contribution in [3.05, 3.63) is 0 Å². The summed E-state index contributed by atoms with van der Waals surface area (Å²) in [4.78, 5) is 20.7. The second-order valence-corrected chi connectivity index (χ2v) is 10.8. The first kappa shape index (κ1) is 29.2. The van der Waals surface area contributed by atoms with Crippen LogP contribution in [0.4, 0.5) is 4.79 Å². The molecule has 0 aromatic heterocycles. The van der Waals surface area contributed by atoms with Gasteiger partial charge in [-0.3, -0.25) is 9.89 Å². The van der Waals surface area contributed by atoms with Crippen molar-refractivity contribution >= 4 is 45.9 Å². The van der Waals surface area contributed by atoms with E-state index in [0.717, 1.165) is 26.2 Å². The van der Waals surface area contributed by atoms with Crippen molar-refractivity contribution in [1.82, 2.24) is 20.4 Å². The lowest BCUT2D eigenvalue weighted by Crippen LogP contribution is -2.50. The van der Waals surface area contributed by atoms with Crippen molar-refractivity contribution < 1.29 is 17.9 Å². The zero-order valence-corrected chi connectivity index (χ0v) is 22.4. The van der Waals surface area contributed by atoms with Crippen molar-refractivity contribution in [2.45, 2.75) is 52.7 Å². The van der Waals surface area contributed by atoms with Crippen LogP contribution in [0, 0.1) is 0 Å². The molecule has 1 rings (SSSR count). The molecule has 1 aliphatic heterocycles. The lowest BCUT2D eigenvalue weighted by molar-refractivity contribution is 0.0148. The number of piperazine rings is 1. The number of halogens is 1. The van der Waals surface area contributed by atoms with Gasteiger partial charge in [-0.2, -0.15) is 0 Å². The first-order valence-corrected chi connectivity index (χ1v) is 12.4. The Morgan fingerprint density at radius 2 is 1.80 bits per heavy atom. The fraction of sp³-hybridized carbons (Fsp3) is 0.895. The van der Waals surface area contributed by atoms with Crippen LogP contribution in [0.5, 0.6) is 0 Å². The Labute approximate surface area is 199 Å². The molecule has 1 saturated heterocycles. The molecule has 1 amide bonds. The van der Waals surface area contributed by atoms with E-state index in [0.29, 0.717) is 32.0 Å². The zero-order chi connectivity index (χ0) is 22.1. The summed E-state index contributed by atoms with van der Waals surface area (Å²) in [6, 6.07) is 0.0138. The number of aliphatic imine (C=N–C) groups is 1. The Morgan fingerprint density at radius 3 is 2.30 bits per heavy atom. The molecule has 11 heteroatoms. The summed E-state index contributed by atoms with van der Waals surface area (Å²) in [7, 11) is -2.96. The molecular formula is C19H40IN5O4S. The second-order valence-electron chi connectivity index (χ2n) is 8.53. The van der Waals surface area contributed by atoms with Gasteiger partial charge in [-0.05, 0) is 41.0 Å². The summed E-state index contributed by atoms with van der Waals surface area (Å²) in [6.07, 6.45) is 1.54. The maximum atomic E-state index is 12.1. The molecule has 0 spiro atoms. The van der Waals surface area contributed by atoms with Gasteiger partial charge in [0.15, 0.2) is 5.96 Å². The van der Waals surface area contributed by atoms with Gasteiger partial charge in [0.05, 0.1) is 12.3 Å². The number of hydrogen-bond donors (Lipinski definition) is 2. The number of carbonyl (C=O) groups excluding carboxylic acids is 1. The average Bonchev–Trinajstić information content (AvgIpc) is 2.58. The minimum Gasteiger partial charge on any atom is -0.444 e. The molecule has 1 fully saturated rings. The van der Waals surface area contributed by atoms with Gasteiger partial charge in [0.1, 0.15) is 15.4 Å². The Kier molecular flexibility index (Phi) is 13.2. The third-order valence-corrected chi connectivity index (χ3v) is 5.34. The fourth-order valence-corrected chi connectivity index (χ4v) is 3.58. The normalized spacial score (nSPS) is 17.1. The molecule has 2 N–H and O–H groups in total. The van der Waals surface area contributed by atoms with Crippen LogP contribution in [0.1, 0.15) is 41.0 Å². The predicted molar refractivity (Wildman–Crippen MR) is 133 cm³/mol. The molecule has 1 unspecified atom stereocenters. The first-order chi connectivity index (χ1) is 13.4. The number of amides is 1. The number of carbonyl (C=O) groups is 1. The molecule has 30 heavy (non-hydrogen) atoms. The summed E-state index contributed by atoms with van der Waals surface area (Å²) >= 11 is 0. The van der Waals surface area contributed by atoms with Crippen LogP contribution in [0.25, 0.3) is 0 Å².